The number of rotatable bonds is 4. The molecule has 1 aromatic heterocycles. The van der Waals surface area contributed by atoms with Crippen LogP contribution < -0.4 is 0 Å². The normalized spacial score (nSPS) is 16.9. The number of benzene rings is 2. The summed E-state index contributed by atoms with van der Waals surface area (Å²) < 4.78 is 27.1. The number of carbonyl (C=O) groups is 1. The van der Waals surface area contributed by atoms with Crippen molar-refractivity contribution in [2.45, 2.75) is 17.5 Å². The molecule has 1 atom stereocenters. The summed E-state index contributed by atoms with van der Waals surface area (Å²) in [5.74, 6) is -1.18. The lowest BCUT2D eigenvalue weighted by Crippen LogP contribution is -2.34. The van der Waals surface area contributed by atoms with Crippen LogP contribution in [0.4, 0.5) is 0 Å². The van der Waals surface area contributed by atoms with Gasteiger partial charge in [-0.15, -0.1) is 11.3 Å². The van der Waals surface area contributed by atoms with E-state index >= 15 is 0 Å². The number of carboxylic acids is 1. The third-order valence-corrected chi connectivity index (χ3v) is 7.53. The number of carboxylic acid groups (broad SMARTS) is 1. The average Bonchev–Trinajstić information content (AvgIpc) is 3.16. The fourth-order valence-corrected chi connectivity index (χ4v) is 6.45. The highest BCUT2D eigenvalue weighted by Crippen LogP contribution is 2.44. The molecule has 1 aliphatic heterocycles. The van der Waals surface area contributed by atoms with Crippen LogP contribution in [-0.2, 0) is 21.4 Å². The monoisotopic (exact) mass is 385 g/mol. The minimum Gasteiger partial charge on any atom is -0.480 e. The van der Waals surface area contributed by atoms with E-state index in [2.05, 4.69) is 0 Å². The molecule has 0 spiro atoms. The van der Waals surface area contributed by atoms with Gasteiger partial charge in [0.25, 0.3) is 0 Å². The summed E-state index contributed by atoms with van der Waals surface area (Å²) in [6.45, 7) is 0.0705. The maximum atomic E-state index is 13.0. The molecule has 132 valence electrons. The van der Waals surface area contributed by atoms with Crippen LogP contribution in [0.5, 0.6) is 0 Å². The lowest BCUT2D eigenvalue weighted by molar-refractivity contribution is -0.141. The molecule has 0 fully saturated rings. The van der Waals surface area contributed by atoms with E-state index in [9.17, 15) is 18.3 Å². The molecule has 0 unspecified atom stereocenters. The van der Waals surface area contributed by atoms with Gasteiger partial charge in [0.2, 0.25) is 10.0 Å². The molecule has 0 saturated heterocycles. The van der Waals surface area contributed by atoms with Crippen molar-refractivity contribution in [1.82, 2.24) is 4.31 Å². The van der Waals surface area contributed by atoms with Crippen LogP contribution in [0, 0.1) is 0 Å². The first-order valence-electron chi connectivity index (χ1n) is 7.96. The van der Waals surface area contributed by atoms with Crippen LogP contribution in [0.2, 0.25) is 0 Å². The standard InChI is InChI=1S/C19H15NO4S2/c21-19(22)18(14-9-5-2-6-10-14)20-12-16-17(26(20,23)24)11-15(25-16)13-7-3-1-4-8-13/h1-11,18H,12H2,(H,21,22)/t18-/m1/s1. The van der Waals surface area contributed by atoms with Gasteiger partial charge in [0.05, 0.1) is 11.4 Å². The highest BCUT2D eigenvalue weighted by molar-refractivity contribution is 7.89. The zero-order chi connectivity index (χ0) is 18.3. The van der Waals surface area contributed by atoms with E-state index in [4.69, 9.17) is 0 Å². The van der Waals surface area contributed by atoms with Gasteiger partial charge in [-0.3, -0.25) is 4.79 Å². The fourth-order valence-electron chi connectivity index (χ4n) is 3.14. The van der Waals surface area contributed by atoms with E-state index in [0.29, 0.717) is 10.4 Å². The molecule has 1 aliphatic rings. The van der Waals surface area contributed by atoms with Crippen molar-refractivity contribution in [3.8, 4) is 10.4 Å². The molecule has 7 heteroatoms. The summed E-state index contributed by atoms with van der Waals surface area (Å²) in [7, 11) is -3.86. The minimum atomic E-state index is -3.86. The maximum absolute atomic E-state index is 13.0. The fraction of sp³-hybridized carbons (Fsp3) is 0.105. The zero-order valence-electron chi connectivity index (χ0n) is 13.6. The molecule has 26 heavy (non-hydrogen) atoms. The lowest BCUT2D eigenvalue weighted by atomic mass is 10.1. The van der Waals surface area contributed by atoms with Gasteiger partial charge in [0.1, 0.15) is 6.04 Å². The highest BCUT2D eigenvalue weighted by atomic mass is 32.2. The van der Waals surface area contributed by atoms with Gasteiger partial charge in [0.15, 0.2) is 0 Å². The van der Waals surface area contributed by atoms with Crippen LogP contribution in [0.1, 0.15) is 16.5 Å². The van der Waals surface area contributed by atoms with Crippen molar-refractivity contribution in [3.63, 3.8) is 0 Å². The van der Waals surface area contributed by atoms with E-state index in [1.165, 1.54) is 11.3 Å². The quantitative estimate of drug-likeness (QED) is 0.742. The van der Waals surface area contributed by atoms with Gasteiger partial charge in [-0.2, -0.15) is 4.31 Å². The summed E-state index contributed by atoms with van der Waals surface area (Å²) in [5.41, 5.74) is 1.40. The molecule has 1 N–H and O–H groups in total. The molecule has 4 rings (SSSR count). The summed E-state index contributed by atoms with van der Waals surface area (Å²) in [6.07, 6.45) is 0. The molecule has 0 bridgehead atoms. The molecule has 3 aromatic rings. The Balaban J connectivity index is 1.74. The van der Waals surface area contributed by atoms with Crippen molar-refractivity contribution >= 4 is 27.3 Å². The van der Waals surface area contributed by atoms with Crippen molar-refractivity contribution in [2.75, 3.05) is 0 Å². The molecule has 5 nitrogen and oxygen atoms in total. The minimum absolute atomic E-state index is 0.0705. The zero-order valence-corrected chi connectivity index (χ0v) is 15.2. The predicted octanol–water partition coefficient (Wildman–Crippen LogP) is 3.75. The van der Waals surface area contributed by atoms with Crippen molar-refractivity contribution in [2.24, 2.45) is 0 Å². The Morgan fingerprint density at radius 2 is 1.65 bits per heavy atom. The largest absolute Gasteiger partial charge is 0.480 e. The van der Waals surface area contributed by atoms with E-state index in [1.807, 2.05) is 30.3 Å². The Hall–Kier alpha value is -2.48. The second kappa shape index (κ2) is 6.35. The average molecular weight is 385 g/mol. The Labute approximate surface area is 155 Å². The third-order valence-electron chi connectivity index (χ3n) is 4.35. The molecular weight excluding hydrogens is 370 g/mol. The first-order chi connectivity index (χ1) is 12.5. The number of thiophene rings is 1. The number of hydrogen-bond donors (Lipinski definition) is 1. The van der Waals surface area contributed by atoms with Gasteiger partial charge < -0.3 is 5.11 Å². The van der Waals surface area contributed by atoms with Crippen molar-refractivity contribution in [3.05, 3.63) is 77.2 Å². The Kier molecular flexibility index (Phi) is 4.14. The van der Waals surface area contributed by atoms with E-state index in [-0.39, 0.29) is 11.4 Å². The van der Waals surface area contributed by atoms with Crippen molar-refractivity contribution in [1.29, 1.82) is 0 Å². The maximum Gasteiger partial charge on any atom is 0.326 e. The van der Waals surface area contributed by atoms with E-state index in [1.54, 1.807) is 36.4 Å². The van der Waals surface area contributed by atoms with Gasteiger partial charge in [-0.25, -0.2) is 8.42 Å². The SMILES string of the molecule is O=C(O)[C@@H](c1ccccc1)N1Cc2sc(-c3ccccc3)cc2S1(=O)=O. The molecule has 0 saturated carbocycles. The van der Waals surface area contributed by atoms with Crippen LogP contribution in [-0.4, -0.2) is 23.8 Å². The smallest absolute Gasteiger partial charge is 0.326 e. The molecule has 0 radical (unpaired) electrons. The summed E-state index contributed by atoms with van der Waals surface area (Å²) in [6, 6.07) is 18.4. The Morgan fingerprint density at radius 3 is 2.23 bits per heavy atom. The van der Waals surface area contributed by atoms with Crippen LogP contribution >= 0.6 is 11.3 Å². The van der Waals surface area contributed by atoms with E-state index in [0.717, 1.165) is 14.7 Å². The van der Waals surface area contributed by atoms with Gasteiger partial charge in [0, 0.05) is 9.75 Å². The number of nitrogens with zero attached hydrogens (tertiary/aromatic N) is 1. The summed E-state index contributed by atoms with van der Waals surface area (Å²) >= 11 is 1.39. The van der Waals surface area contributed by atoms with Gasteiger partial charge in [-0.05, 0) is 17.2 Å². The van der Waals surface area contributed by atoms with Crippen LogP contribution in [0.15, 0.2) is 71.6 Å². The van der Waals surface area contributed by atoms with Gasteiger partial charge in [-0.1, -0.05) is 60.7 Å². The third kappa shape index (κ3) is 2.74. The van der Waals surface area contributed by atoms with Crippen molar-refractivity contribution < 1.29 is 18.3 Å². The molecular formula is C19H15NO4S2. The van der Waals surface area contributed by atoms with Crippen LogP contribution in [0.3, 0.4) is 0 Å². The first kappa shape index (κ1) is 17.0. The van der Waals surface area contributed by atoms with Gasteiger partial charge >= 0.3 is 5.97 Å². The number of aliphatic carboxylic acids is 1. The molecule has 0 aliphatic carbocycles. The predicted molar refractivity (Wildman–Crippen MR) is 99.3 cm³/mol. The summed E-state index contributed by atoms with van der Waals surface area (Å²) in [5, 5.41) is 9.67. The molecule has 0 amide bonds. The number of fused-ring (bicyclic) bond motifs is 1. The lowest BCUT2D eigenvalue weighted by Gasteiger charge is -2.23. The second-order valence-corrected chi connectivity index (χ2v) is 8.96. The summed E-state index contributed by atoms with van der Waals surface area (Å²) in [4.78, 5) is 13.6. The topological polar surface area (TPSA) is 74.7 Å². The second-order valence-electron chi connectivity index (χ2n) is 5.97. The Morgan fingerprint density at radius 1 is 1.04 bits per heavy atom. The number of hydrogen-bond acceptors (Lipinski definition) is 4. The number of sulfonamides is 1. The van der Waals surface area contributed by atoms with Crippen LogP contribution in [0.25, 0.3) is 10.4 Å². The molecule has 2 aromatic carbocycles. The molecule has 2 heterocycles. The first-order valence-corrected chi connectivity index (χ1v) is 10.2. The van der Waals surface area contributed by atoms with E-state index < -0.39 is 22.0 Å². The Bertz CT molecular complexity index is 1060. The highest BCUT2D eigenvalue weighted by Gasteiger charge is 2.44.